The Labute approximate surface area is 123 Å². The summed E-state index contributed by atoms with van der Waals surface area (Å²) in [4.78, 5) is 12.5. The summed E-state index contributed by atoms with van der Waals surface area (Å²) >= 11 is 0. The monoisotopic (exact) mass is 274 g/mol. The molecule has 1 saturated heterocycles. The molecule has 3 aromatic rings. The summed E-state index contributed by atoms with van der Waals surface area (Å²) in [5.74, 6) is 0.0645. The van der Waals surface area contributed by atoms with Crippen LogP contribution in [0, 0.1) is 0 Å². The van der Waals surface area contributed by atoms with Crippen molar-refractivity contribution in [2.75, 3.05) is 0 Å². The Bertz CT molecular complexity index is 808. The summed E-state index contributed by atoms with van der Waals surface area (Å²) in [6, 6.07) is 23.8. The van der Waals surface area contributed by atoms with Crippen molar-refractivity contribution in [3.05, 3.63) is 83.9 Å². The first-order valence-corrected chi connectivity index (χ1v) is 7.06. The molecule has 2 nitrogen and oxygen atoms in total. The van der Waals surface area contributed by atoms with E-state index in [2.05, 4.69) is 0 Å². The van der Waals surface area contributed by atoms with Gasteiger partial charge in [-0.05, 0) is 22.4 Å². The minimum absolute atomic E-state index is 0.0645. The molecule has 0 radical (unpaired) electrons. The Morgan fingerprint density at radius 3 is 2.33 bits per heavy atom. The number of carbonyl (C=O) groups excluding carboxylic acids is 1. The number of hydrogen-bond donors (Lipinski definition) is 0. The predicted molar refractivity (Wildman–Crippen MR) is 82.3 cm³/mol. The molecule has 102 valence electrons. The third-order valence-electron chi connectivity index (χ3n) is 3.91. The lowest BCUT2D eigenvalue weighted by molar-refractivity contribution is 0.0954. The predicted octanol–water partition coefficient (Wildman–Crippen LogP) is 4.16. The van der Waals surface area contributed by atoms with E-state index in [1.807, 2.05) is 72.8 Å². The van der Waals surface area contributed by atoms with Crippen molar-refractivity contribution >= 4 is 16.6 Å². The lowest BCUT2D eigenvalue weighted by Crippen LogP contribution is -2.08. The third-order valence-corrected chi connectivity index (χ3v) is 3.91. The SMILES string of the molecule is O=C(c1ccc2ccccc2c1)[C@@H]1O[C@H]1c1ccccc1. The lowest BCUT2D eigenvalue weighted by Gasteiger charge is -2.01. The minimum Gasteiger partial charge on any atom is -0.356 e. The second kappa shape index (κ2) is 4.83. The summed E-state index contributed by atoms with van der Waals surface area (Å²) in [5.41, 5.74) is 1.79. The second-order valence-corrected chi connectivity index (χ2v) is 5.31. The van der Waals surface area contributed by atoms with Crippen molar-refractivity contribution in [1.82, 2.24) is 0 Å². The zero-order chi connectivity index (χ0) is 14.2. The average Bonchev–Trinajstić information content (AvgIpc) is 3.35. The number of ether oxygens (including phenoxy) is 1. The molecule has 0 spiro atoms. The van der Waals surface area contributed by atoms with Gasteiger partial charge < -0.3 is 4.74 Å². The quantitative estimate of drug-likeness (QED) is 0.530. The molecule has 1 heterocycles. The Hall–Kier alpha value is -2.45. The fourth-order valence-electron chi connectivity index (χ4n) is 2.71. The van der Waals surface area contributed by atoms with Gasteiger partial charge in [0, 0.05) is 5.56 Å². The number of rotatable bonds is 3. The summed E-state index contributed by atoms with van der Waals surface area (Å²) < 4.78 is 5.58. The fraction of sp³-hybridized carbons (Fsp3) is 0.105. The number of carbonyl (C=O) groups is 1. The van der Waals surface area contributed by atoms with Crippen LogP contribution in [-0.2, 0) is 4.74 Å². The highest BCUT2D eigenvalue weighted by molar-refractivity contribution is 6.04. The van der Waals surface area contributed by atoms with Gasteiger partial charge in [-0.25, -0.2) is 0 Å². The van der Waals surface area contributed by atoms with Crippen molar-refractivity contribution in [3.8, 4) is 0 Å². The molecule has 2 atom stereocenters. The second-order valence-electron chi connectivity index (χ2n) is 5.31. The number of benzene rings is 3. The highest BCUT2D eigenvalue weighted by atomic mass is 16.6. The van der Waals surface area contributed by atoms with E-state index in [-0.39, 0.29) is 18.0 Å². The van der Waals surface area contributed by atoms with E-state index in [0.717, 1.165) is 21.9 Å². The normalized spacial score (nSPS) is 20.4. The zero-order valence-electron chi connectivity index (χ0n) is 11.4. The van der Waals surface area contributed by atoms with Crippen LogP contribution in [0.3, 0.4) is 0 Å². The molecule has 0 amide bonds. The Morgan fingerprint density at radius 2 is 1.52 bits per heavy atom. The van der Waals surface area contributed by atoms with E-state index < -0.39 is 0 Å². The molecule has 4 rings (SSSR count). The maximum atomic E-state index is 12.5. The van der Waals surface area contributed by atoms with Gasteiger partial charge in [0.25, 0.3) is 0 Å². The molecule has 1 aliphatic rings. The molecule has 3 aromatic carbocycles. The van der Waals surface area contributed by atoms with Gasteiger partial charge in [0.15, 0.2) is 11.9 Å². The topological polar surface area (TPSA) is 29.6 Å². The first-order chi connectivity index (χ1) is 10.3. The molecular formula is C19H14O2. The van der Waals surface area contributed by atoms with Crippen LogP contribution in [0.15, 0.2) is 72.8 Å². The van der Waals surface area contributed by atoms with Crippen molar-refractivity contribution in [1.29, 1.82) is 0 Å². The minimum atomic E-state index is -0.339. The van der Waals surface area contributed by atoms with Gasteiger partial charge >= 0.3 is 0 Å². The van der Waals surface area contributed by atoms with Gasteiger partial charge in [0.1, 0.15) is 6.10 Å². The number of epoxide rings is 1. The molecule has 21 heavy (non-hydrogen) atoms. The van der Waals surface area contributed by atoms with Crippen LogP contribution < -0.4 is 0 Å². The van der Waals surface area contributed by atoms with E-state index in [0.29, 0.717) is 0 Å². The smallest absolute Gasteiger partial charge is 0.194 e. The van der Waals surface area contributed by atoms with Gasteiger partial charge in [0.2, 0.25) is 0 Å². The Balaban J connectivity index is 1.60. The molecule has 0 N–H and O–H groups in total. The molecule has 0 aromatic heterocycles. The van der Waals surface area contributed by atoms with Crippen LogP contribution in [0.25, 0.3) is 10.8 Å². The molecule has 0 saturated carbocycles. The van der Waals surface area contributed by atoms with Crippen molar-refractivity contribution in [2.45, 2.75) is 12.2 Å². The number of fused-ring (bicyclic) bond motifs is 1. The Kier molecular flexibility index (Phi) is 2.83. The van der Waals surface area contributed by atoms with Crippen molar-refractivity contribution in [2.24, 2.45) is 0 Å². The van der Waals surface area contributed by atoms with Crippen molar-refractivity contribution in [3.63, 3.8) is 0 Å². The van der Waals surface area contributed by atoms with Crippen LogP contribution >= 0.6 is 0 Å². The Morgan fingerprint density at radius 1 is 0.810 bits per heavy atom. The highest BCUT2D eigenvalue weighted by Gasteiger charge is 2.46. The average molecular weight is 274 g/mol. The van der Waals surface area contributed by atoms with E-state index in [1.165, 1.54) is 0 Å². The van der Waals surface area contributed by atoms with Gasteiger partial charge in [-0.3, -0.25) is 4.79 Å². The van der Waals surface area contributed by atoms with E-state index in [1.54, 1.807) is 0 Å². The molecule has 1 fully saturated rings. The van der Waals surface area contributed by atoms with Crippen LogP contribution in [0.1, 0.15) is 22.0 Å². The summed E-state index contributed by atoms with van der Waals surface area (Å²) in [7, 11) is 0. The maximum Gasteiger partial charge on any atom is 0.194 e. The largest absolute Gasteiger partial charge is 0.356 e. The molecule has 0 aliphatic carbocycles. The lowest BCUT2D eigenvalue weighted by atomic mass is 10.00. The van der Waals surface area contributed by atoms with E-state index in [9.17, 15) is 4.79 Å². The number of Topliss-reactive ketones (excluding diaryl/α,β-unsaturated/α-hetero) is 1. The van der Waals surface area contributed by atoms with Gasteiger partial charge in [-0.1, -0.05) is 66.7 Å². The maximum absolute atomic E-state index is 12.5. The van der Waals surface area contributed by atoms with Gasteiger partial charge in [-0.2, -0.15) is 0 Å². The standard InChI is InChI=1S/C19H14O2/c20-17(19-18(21-19)14-7-2-1-3-8-14)16-11-10-13-6-4-5-9-15(13)12-16/h1-12,18-19H/t18-,19-/m0/s1. The van der Waals surface area contributed by atoms with Crippen LogP contribution in [0.2, 0.25) is 0 Å². The summed E-state index contributed by atoms with van der Waals surface area (Å²) in [6.07, 6.45) is -0.432. The summed E-state index contributed by atoms with van der Waals surface area (Å²) in [5, 5.41) is 2.23. The van der Waals surface area contributed by atoms with Crippen molar-refractivity contribution < 1.29 is 9.53 Å². The van der Waals surface area contributed by atoms with Crippen LogP contribution in [0.4, 0.5) is 0 Å². The van der Waals surface area contributed by atoms with E-state index >= 15 is 0 Å². The highest BCUT2D eigenvalue weighted by Crippen LogP contribution is 2.40. The molecule has 1 aliphatic heterocycles. The fourth-order valence-corrected chi connectivity index (χ4v) is 2.71. The first kappa shape index (κ1) is 12.3. The van der Waals surface area contributed by atoms with Gasteiger partial charge in [-0.15, -0.1) is 0 Å². The number of ketones is 1. The number of hydrogen-bond acceptors (Lipinski definition) is 2. The van der Waals surface area contributed by atoms with Gasteiger partial charge in [0.05, 0.1) is 0 Å². The molecule has 2 heteroatoms. The third kappa shape index (κ3) is 2.24. The van der Waals surface area contributed by atoms with Crippen LogP contribution in [-0.4, -0.2) is 11.9 Å². The van der Waals surface area contributed by atoms with Crippen LogP contribution in [0.5, 0.6) is 0 Å². The first-order valence-electron chi connectivity index (χ1n) is 7.06. The summed E-state index contributed by atoms with van der Waals surface area (Å²) in [6.45, 7) is 0. The molecule has 0 unspecified atom stereocenters. The molecular weight excluding hydrogens is 260 g/mol. The zero-order valence-corrected chi connectivity index (χ0v) is 11.4. The van der Waals surface area contributed by atoms with E-state index in [4.69, 9.17) is 4.74 Å². The molecule has 0 bridgehead atoms.